The van der Waals surface area contributed by atoms with E-state index < -0.39 is 0 Å². The monoisotopic (exact) mass is 385 g/mol. The number of rotatable bonds is 1. The van der Waals surface area contributed by atoms with Gasteiger partial charge in [0.05, 0.1) is 10.2 Å². The summed E-state index contributed by atoms with van der Waals surface area (Å²) in [6.45, 7) is 11.7. The zero-order valence-corrected chi connectivity index (χ0v) is 17.8. The Labute approximate surface area is 166 Å². The van der Waals surface area contributed by atoms with Crippen molar-refractivity contribution in [2.75, 3.05) is 43.9 Å². The smallest absolute Gasteiger partial charge is 0.222 e. The number of nitrogen functional groups attached to an aromatic ring is 1. The molecule has 0 radical (unpaired) electrons. The lowest BCUT2D eigenvalue weighted by molar-refractivity contribution is 0.217. The third-order valence-corrected chi connectivity index (χ3v) is 8.35. The van der Waals surface area contributed by atoms with Crippen LogP contribution in [0.3, 0.4) is 0 Å². The molecule has 0 spiro atoms. The second kappa shape index (κ2) is 6.05. The van der Waals surface area contributed by atoms with Crippen molar-refractivity contribution in [3.05, 3.63) is 10.4 Å². The Morgan fingerprint density at radius 2 is 1.78 bits per heavy atom. The van der Waals surface area contributed by atoms with Crippen LogP contribution >= 0.6 is 11.3 Å². The van der Waals surface area contributed by atoms with Gasteiger partial charge in [0.25, 0.3) is 0 Å². The van der Waals surface area contributed by atoms with E-state index in [0.29, 0.717) is 17.3 Å². The van der Waals surface area contributed by atoms with Crippen LogP contribution in [0.1, 0.15) is 37.6 Å². The van der Waals surface area contributed by atoms with Crippen LogP contribution in [0, 0.1) is 23.2 Å². The first-order valence-corrected chi connectivity index (χ1v) is 11.1. The van der Waals surface area contributed by atoms with Crippen LogP contribution in [0.2, 0.25) is 0 Å². The first-order chi connectivity index (χ1) is 12.8. The standard InChI is InChI=1S/C21H31N5S/c1-21(2,3)14-5-6-16-15(7-14)17-18(27-16)19(24-20(22)23-17)26-10-12-8-25(4)9-13(12)11-26/h12-14H,5-11H2,1-4H3,(H2,22,23,24). The molecule has 0 aromatic carbocycles. The zero-order chi connectivity index (χ0) is 18.9. The maximum atomic E-state index is 6.19. The Hall–Kier alpha value is -1.40. The highest BCUT2D eigenvalue weighted by Crippen LogP contribution is 2.46. The Kier molecular flexibility index (Phi) is 3.96. The van der Waals surface area contributed by atoms with E-state index >= 15 is 0 Å². The highest BCUT2D eigenvalue weighted by molar-refractivity contribution is 7.19. The molecule has 2 N–H and O–H groups in total. The second-order valence-corrected chi connectivity index (χ2v) is 11.1. The van der Waals surface area contributed by atoms with Gasteiger partial charge in [-0.25, -0.2) is 4.98 Å². The fourth-order valence-electron chi connectivity index (χ4n) is 5.49. The molecule has 2 aromatic rings. The molecule has 0 saturated carbocycles. The summed E-state index contributed by atoms with van der Waals surface area (Å²) in [4.78, 5) is 15.9. The van der Waals surface area contributed by atoms with E-state index in [1.807, 2.05) is 11.3 Å². The van der Waals surface area contributed by atoms with Gasteiger partial charge in [0.2, 0.25) is 5.95 Å². The quantitative estimate of drug-likeness (QED) is 0.815. The Bertz CT molecular complexity index is 869. The molecule has 0 amide bonds. The van der Waals surface area contributed by atoms with E-state index in [1.165, 1.54) is 41.1 Å². The number of anilines is 2. The highest BCUT2D eigenvalue weighted by Gasteiger charge is 2.40. The summed E-state index contributed by atoms with van der Waals surface area (Å²) < 4.78 is 1.28. The number of nitrogens with zero attached hydrogens (tertiary/aromatic N) is 4. The van der Waals surface area contributed by atoms with Crippen LogP contribution in [-0.2, 0) is 12.8 Å². The summed E-state index contributed by atoms with van der Waals surface area (Å²) in [6, 6.07) is 0. The van der Waals surface area contributed by atoms with Crippen LogP contribution in [0.15, 0.2) is 0 Å². The zero-order valence-electron chi connectivity index (χ0n) is 17.0. The van der Waals surface area contributed by atoms with Crippen LogP contribution in [0.25, 0.3) is 10.2 Å². The molecule has 6 heteroatoms. The molecule has 2 aliphatic heterocycles. The van der Waals surface area contributed by atoms with Gasteiger partial charge in [0.15, 0.2) is 5.82 Å². The van der Waals surface area contributed by atoms with Crippen molar-refractivity contribution in [2.24, 2.45) is 23.2 Å². The minimum Gasteiger partial charge on any atom is -0.368 e. The molecular weight excluding hydrogens is 354 g/mol. The number of nitrogens with two attached hydrogens (primary N) is 1. The van der Waals surface area contributed by atoms with E-state index in [0.717, 1.165) is 42.7 Å². The minimum atomic E-state index is 0.339. The first-order valence-electron chi connectivity index (χ1n) is 10.3. The number of hydrogen-bond donors (Lipinski definition) is 1. The van der Waals surface area contributed by atoms with Gasteiger partial charge in [-0.1, -0.05) is 20.8 Å². The SMILES string of the molecule is CN1CC2CN(c3nc(N)nc4c5c(sc34)CCC(C(C)(C)C)C5)CC2C1. The van der Waals surface area contributed by atoms with Crippen LogP contribution in [0.5, 0.6) is 0 Å². The molecule has 4 heterocycles. The fourth-order valence-corrected chi connectivity index (χ4v) is 6.79. The van der Waals surface area contributed by atoms with Gasteiger partial charge >= 0.3 is 0 Å². The number of likely N-dealkylation sites (tertiary alicyclic amines) is 1. The van der Waals surface area contributed by atoms with E-state index in [9.17, 15) is 0 Å². The van der Waals surface area contributed by atoms with Crippen molar-refractivity contribution in [1.29, 1.82) is 0 Å². The van der Waals surface area contributed by atoms with Crippen molar-refractivity contribution in [3.8, 4) is 0 Å². The molecular formula is C21H31N5S. The van der Waals surface area contributed by atoms with Crippen molar-refractivity contribution < 1.29 is 0 Å². The normalized spacial score (nSPS) is 28.7. The van der Waals surface area contributed by atoms with Crippen molar-refractivity contribution in [1.82, 2.24) is 14.9 Å². The summed E-state index contributed by atoms with van der Waals surface area (Å²) in [7, 11) is 2.24. The Morgan fingerprint density at radius 3 is 2.44 bits per heavy atom. The molecule has 146 valence electrons. The van der Waals surface area contributed by atoms with Crippen molar-refractivity contribution >= 4 is 33.3 Å². The van der Waals surface area contributed by atoms with Gasteiger partial charge < -0.3 is 15.5 Å². The van der Waals surface area contributed by atoms with E-state index in [-0.39, 0.29) is 0 Å². The molecule has 5 nitrogen and oxygen atoms in total. The maximum Gasteiger partial charge on any atom is 0.222 e. The van der Waals surface area contributed by atoms with E-state index in [2.05, 4.69) is 37.6 Å². The summed E-state index contributed by atoms with van der Waals surface area (Å²) in [5.74, 6) is 3.78. The first kappa shape index (κ1) is 17.7. The molecule has 3 unspecified atom stereocenters. The van der Waals surface area contributed by atoms with Crippen molar-refractivity contribution in [3.63, 3.8) is 0 Å². The molecule has 5 rings (SSSR count). The third-order valence-electron chi connectivity index (χ3n) is 7.08. The third kappa shape index (κ3) is 2.92. The number of aryl methyl sites for hydroxylation is 1. The molecule has 3 atom stereocenters. The second-order valence-electron chi connectivity index (χ2n) is 10.0. The molecule has 27 heavy (non-hydrogen) atoms. The lowest BCUT2D eigenvalue weighted by Crippen LogP contribution is -2.27. The molecule has 2 aromatic heterocycles. The van der Waals surface area contributed by atoms with Gasteiger partial charge in [0.1, 0.15) is 0 Å². The average Bonchev–Trinajstić information content (AvgIpc) is 3.23. The lowest BCUT2D eigenvalue weighted by Gasteiger charge is -2.33. The maximum absolute atomic E-state index is 6.19. The Balaban J connectivity index is 1.53. The van der Waals surface area contributed by atoms with Gasteiger partial charge in [-0.15, -0.1) is 11.3 Å². The topological polar surface area (TPSA) is 58.3 Å². The van der Waals surface area contributed by atoms with Gasteiger partial charge in [-0.2, -0.15) is 4.98 Å². The highest BCUT2D eigenvalue weighted by atomic mass is 32.1. The van der Waals surface area contributed by atoms with Gasteiger partial charge in [-0.05, 0) is 55.0 Å². The number of aromatic nitrogens is 2. The molecule has 2 fully saturated rings. The van der Waals surface area contributed by atoms with Crippen molar-refractivity contribution in [2.45, 2.75) is 40.0 Å². The summed E-state index contributed by atoms with van der Waals surface area (Å²) in [6.07, 6.45) is 3.58. The van der Waals surface area contributed by atoms with Crippen LogP contribution in [-0.4, -0.2) is 48.1 Å². The predicted octanol–water partition coefficient (Wildman–Crippen LogP) is 3.42. The lowest BCUT2D eigenvalue weighted by atomic mass is 9.72. The summed E-state index contributed by atoms with van der Waals surface area (Å²) in [5, 5.41) is 0. The number of hydrogen-bond acceptors (Lipinski definition) is 6. The van der Waals surface area contributed by atoms with Gasteiger partial charge in [-0.3, -0.25) is 0 Å². The summed E-state index contributed by atoms with van der Waals surface area (Å²) >= 11 is 1.93. The molecule has 3 aliphatic rings. The molecule has 1 aliphatic carbocycles. The van der Waals surface area contributed by atoms with Crippen LogP contribution in [0.4, 0.5) is 11.8 Å². The predicted molar refractivity (Wildman–Crippen MR) is 113 cm³/mol. The summed E-state index contributed by atoms with van der Waals surface area (Å²) in [5.41, 5.74) is 9.12. The van der Waals surface area contributed by atoms with E-state index in [4.69, 9.17) is 15.7 Å². The van der Waals surface area contributed by atoms with Gasteiger partial charge in [0, 0.05) is 31.1 Å². The van der Waals surface area contributed by atoms with E-state index in [1.54, 1.807) is 0 Å². The fraction of sp³-hybridized carbons (Fsp3) is 0.714. The number of thiophene rings is 1. The average molecular weight is 386 g/mol. The molecule has 0 bridgehead atoms. The number of fused-ring (bicyclic) bond motifs is 4. The Morgan fingerprint density at radius 1 is 1.07 bits per heavy atom. The minimum absolute atomic E-state index is 0.339. The molecule has 2 saturated heterocycles. The van der Waals surface area contributed by atoms with Crippen LogP contribution < -0.4 is 10.6 Å². The largest absolute Gasteiger partial charge is 0.368 e.